The number of ketones is 1. The zero-order valence-corrected chi connectivity index (χ0v) is 9.94. The lowest BCUT2D eigenvalue weighted by molar-refractivity contribution is -0.123. The molecule has 0 aliphatic heterocycles. The molecular formula is C13H24O. The molecule has 0 saturated carbocycles. The zero-order chi connectivity index (χ0) is 11.0. The van der Waals surface area contributed by atoms with E-state index in [0.717, 1.165) is 37.7 Å². The largest absolute Gasteiger partial charge is 0.299 e. The van der Waals surface area contributed by atoms with Crippen molar-refractivity contribution in [3.05, 3.63) is 12.2 Å². The standard InChI is InChI=1S/C13H24O/c1-5-7-12(8-6-2)13(14)10-9-11(3)4/h12H,3,5-10H2,1-2,4H3. The van der Waals surface area contributed by atoms with E-state index in [-0.39, 0.29) is 0 Å². The third-order valence-electron chi connectivity index (χ3n) is 2.53. The van der Waals surface area contributed by atoms with Gasteiger partial charge in [-0.25, -0.2) is 0 Å². The summed E-state index contributed by atoms with van der Waals surface area (Å²) in [7, 11) is 0. The Morgan fingerprint density at radius 3 is 2.00 bits per heavy atom. The van der Waals surface area contributed by atoms with Crippen LogP contribution in [-0.4, -0.2) is 5.78 Å². The Bertz CT molecular complexity index is 176. The Hall–Kier alpha value is -0.590. The predicted octanol–water partition coefficient (Wildman–Crippen LogP) is 4.13. The molecule has 0 aromatic rings. The molecule has 0 aromatic carbocycles. The second-order valence-corrected chi connectivity index (χ2v) is 4.20. The third kappa shape index (κ3) is 5.95. The molecule has 0 spiro atoms. The second kappa shape index (κ2) is 7.78. The number of Topliss-reactive ketones (excluding diaryl/α,β-unsaturated/α-hetero) is 1. The van der Waals surface area contributed by atoms with Crippen molar-refractivity contribution in [1.29, 1.82) is 0 Å². The molecule has 1 heteroatoms. The van der Waals surface area contributed by atoms with Crippen LogP contribution >= 0.6 is 0 Å². The first-order valence-electron chi connectivity index (χ1n) is 5.78. The Labute approximate surface area is 88.6 Å². The van der Waals surface area contributed by atoms with Crippen molar-refractivity contribution < 1.29 is 4.79 Å². The van der Waals surface area contributed by atoms with Gasteiger partial charge < -0.3 is 0 Å². The first-order chi connectivity index (χ1) is 6.61. The van der Waals surface area contributed by atoms with Crippen molar-refractivity contribution in [2.24, 2.45) is 5.92 Å². The number of carbonyl (C=O) groups is 1. The molecule has 1 nitrogen and oxygen atoms in total. The topological polar surface area (TPSA) is 17.1 Å². The van der Waals surface area contributed by atoms with Crippen LogP contribution < -0.4 is 0 Å². The fourth-order valence-corrected chi connectivity index (χ4v) is 1.70. The zero-order valence-electron chi connectivity index (χ0n) is 9.94. The van der Waals surface area contributed by atoms with Crippen LogP contribution in [0.3, 0.4) is 0 Å². The van der Waals surface area contributed by atoms with Crippen LogP contribution in [0.5, 0.6) is 0 Å². The lowest BCUT2D eigenvalue weighted by atomic mass is 9.91. The smallest absolute Gasteiger partial charge is 0.136 e. The summed E-state index contributed by atoms with van der Waals surface area (Å²) in [4.78, 5) is 11.8. The molecule has 0 aromatic heterocycles. The van der Waals surface area contributed by atoms with Crippen LogP contribution in [0, 0.1) is 5.92 Å². The van der Waals surface area contributed by atoms with E-state index in [4.69, 9.17) is 0 Å². The van der Waals surface area contributed by atoms with Gasteiger partial charge in [-0.3, -0.25) is 4.79 Å². The third-order valence-corrected chi connectivity index (χ3v) is 2.53. The van der Waals surface area contributed by atoms with E-state index in [0.29, 0.717) is 18.1 Å². The quantitative estimate of drug-likeness (QED) is 0.533. The minimum absolute atomic E-state index is 0.310. The number of hydrogen-bond acceptors (Lipinski definition) is 1. The summed E-state index contributed by atoms with van der Waals surface area (Å²) in [6, 6.07) is 0. The van der Waals surface area contributed by atoms with E-state index in [9.17, 15) is 4.79 Å². The molecular weight excluding hydrogens is 172 g/mol. The monoisotopic (exact) mass is 196 g/mol. The average Bonchev–Trinajstić information content (AvgIpc) is 2.14. The van der Waals surface area contributed by atoms with Crippen molar-refractivity contribution in [2.75, 3.05) is 0 Å². The van der Waals surface area contributed by atoms with Gasteiger partial charge in [-0.15, -0.1) is 6.58 Å². The first-order valence-corrected chi connectivity index (χ1v) is 5.78. The molecule has 82 valence electrons. The van der Waals surface area contributed by atoms with Gasteiger partial charge in [0.15, 0.2) is 0 Å². The van der Waals surface area contributed by atoms with Crippen LogP contribution in [0.4, 0.5) is 0 Å². The second-order valence-electron chi connectivity index (χ2n) is 4.20. The van der Waals surface area contributed by atoms with Gasteiger partial charge in [-0.2, -0.15) is 0 Å². The molecule has 0 atom stereocenters. The molecule has 0 heterocycles. The van der Waals surface area contributed by atoms with Gasteiger partial charge in [0.25, 0.3) is 0 Å². The van der Waals surface area contributed by atoms with Crippen LogP contribution in [0.2, 0.25) is 0 Å². The minimum atomic E-state index is 0.310. The van der Waals surface area contributed by atoms with Gasteiger partial charge in [0.1, 0.15) is 5.78 Å². The van der Waals surface area contributed by atoms with E-state index in [1.165, 1.54) is 0 Å². The van der Waals surface area contributed by atoms with Crippen molar-refractivity contribution in [2.45, 2.75) is 59.3 Å². The van der Waals surface area contributed by atoms with Crippen molar-refractivity contribution in [3.8, 4) is 0 Å². The summed E-state index contributed by atoms with van der Waals surface area (Å²) < 4.78 is 0. The highest BCUT2D eigenvalue weighted by atomic mass is 16.1. The lowest BCUT2D eigenvalue weighted by Crippen LogP contribution is -2.14. The van der Waals surface area contributed by atoms with E-state index in [2.05, 4.69) is 20.4 Å². The highest BCUT2D eigenvalue weighted by molar-refractivity contribution is 5.81. The fraction of sp³-hybridized carbons (Fsp3) is 0.769. The maximum atomic E-state index is 11.8. The molecule has 0 radical (unpaired) electrons. The van der Waals surface area contributed by atoms with Gasteiger partial charge in [0, 0.05) is 12.3 Å². The van der Waals surface area contributed by atoms with Crippen LogP contribution in [-0.2, 0) is 4.79 Å². The Morgan fingerprint density at radius 2 is 1.64 bits per heavy atom. The maximum Gasteiger partial charge on any atom is 0.136 e. The molecule has 0 fully saturated rings. The molecule has 0 aliphatic rings. The normalized spacial score (nSPS) is 10.6. The predicted molar refractivity (Wildman–Crippen MR) is 62.4 cm³/mol. The molecule has 0 saturated heterocycles. The summed E-state index contributed by atoms with van der Waals surface area (Å²) in [5.74, 6) is 0.751. The summed E-state index contributed by atoms with van der Waals surface area (Å²) in [6.45, 7) is 10.1. The molecule has 0 bridgehead atoms. The summed E-state index contributed by atoms with van der Waals surface area (Å²) in [5.41, 5.74) is 1.12. The van der Waals surface area contributed by atoms with Crippen molar-refractivity contribution in [3.63, 3.8) is 0 Å². The Balaban J connectivity index is 3.94. The van der Waals surface area contributed by atoms with Crippen LogP contribution in [0.15, 0.2) is 12.2 Å². The lowest BCUT2D eigenvalue weighted by Gasteiger charge is -2.13. The highest BCUT2D eigenvalue weighted by Gasteiger charge is 2.15. The Kier molecular flexibility index (Phi) is 7.45. The van der Waals surface area contributed by atoms with Gasteiger partial charge in [0.2, 0.25) is 0 Å². The first kappa shape index (κ1) is 13.4. The Morgan fingerprint density at radius 1 is 1.14 bits per heavy atom. The number of hydrogen-bond donors (Lipinski definition) is 0. The fourth-order valence-electron chi connectivity index (χ4n) is 1.70. The minimum Gasteiger partial charge on any atom is -0.299 e. The highest BCUT2D eigenvalue weighted by Crippen LogP contribution is 2.18. The summed E-state index contributed by atoms with van der Waals surface area (Å²) >= 11 is 0. The number of allylic oxidation sites excluding steroid dienone is 1. The number of carbonyl (C=O) groups excluding carboxylic acids is 1. The molecule has 0 amide bonds. The van der Waals surface area contributed by atoms with E-state index in [1.807, 2.05) is 6.92 Å². The number of rotatable bonds is 8. The van der Waals surface area contributed by atoms with E-state index < -0.39 is 0 Å². The molecule has 0 aliphatic carbocycles. The SMILES string of the molecule is C=C(C)CCC(=O)C(CCC)CCC. The van der Waals surface area contributed by atoms with Gasteiger partial charge in [-0.1, -0.05) is 32.3 Å². The molecule has 0 rings (SSSR count). The van der Waals surface area contributed by atoms with Gasteiger partial charge in [-0.05, 0) is 26.2 Å². The van der Waals surface area contributed by atoms with Crippen LogP contribution in [0.25, 0.3) is 0 Å². The molecule has 0 N–H and O–H groups in total. The molecule has 14 heavy (non-hydrogen) atoms. The van der Waals surface area contributed by atoms with Gasteiger partial charge in [0.05, 0.1) is 0 Å². The van der Waals surface area contributed by atoms with E-state index >= 15 is 0 Å². The van der Waals surface area contributed by atoms with Crippen LogP contribution in [0.1, 0.15) is 59.3 Å². The van der Waals surface area contributed by atoms with E-state index in [1.54, 1.807) is 0 Å². The summed E-state index contributed by atoms with van der Waals surface area (Å²) in [6.07, 6.45) is 5.90. The maximum absolute atomic E-state index is 11.8. The van der Waals surface area contributed by atoms with Crippen molar-refractivity contribution >= 4 is 5.78 Å². The van der Waals surface area contributed by atoms with Gasteiger partial charge >= 0.3 is 0 Å². The van der Waals surface area contributed by atoms with Crippen molar-refractivity contribution in [1.82, 2.24) is 0 Å². The molecule has 0 unspecified atom stereocenters. The average molecular weight is 196 g/mol. The summed E-state index contributed by atoms with van der Waals surface area (Å²) in [5, 5.41) is 0.